The molecule has 3 heterocycles. The molecule has 0 aliphatic heterocycles. The largest absolute Gasteiger partial charge is 0.459 e. The number of hydrogen-bond donors (Lipinski definition) is 0. The average Bonchev–Trinajstić information content (AvgIpc) is 3.46. The fourth-order valence-electron chi connectivity index (χ4n) is 3.44. The quantitative estimate of drug-likeness (QED) is 0.505. The first-order chi connectivity index (χ1) is 14.0. The highest BCUT2D eigenvalue weighted by Crippen LogP contribution is 2.20. The number of para-hydroxylation sites is 1. The summed E-state index contributed by atoms with van der Waals surface area (Å²) in [5.74, 6) is 0.147. The molecule has 0 aliphatic rings. The van der Waals surface area contributed by atoms with E-state index in [-0.39, 0.29) is 5.91 Å². The van der Waals surface area contributed by atoms with Gasteiger partial charge in [-0.3, -0.25) is 9.48 Å². The van der Waals surface area contributed by atoms with E-state index in [4.69, 9.17) is 4.42 Å². The highest BCUT2D eigenvalue weighted by Gasteiger charge is 2.23. The van der Waals surface area contributed by atoms with E-state index in [1.807, 2.05) is 66.7 Å². The Morgan fingerprint density at radius 3 is 2.52 bits per heavy atom. The number of amides is 1. The second-order valence-electron chi connectivity index (χ2n) is 6.98. The van der Waals surface area contributed by atoms with E-state index >= 15 is 0 Å². The van der Waals surface area contributed by atoms with Crippen molar-refractivity contribution in [2.45, 2.75) is 26.9 Å². The lowest BCUT2D eigenvalue weighted by Crippen LogP contribution is -2.31. The minimum atomic E-state index is -0.168. The summed E-state index contributed by atoms with van der Waals surface area (Å²) in [4.78, 5) is 15.0. The van der Waals surface area contributed by atoms with Gasteiger partial charge >= 0.3 is 0 Å². The normalized spacial score (nSPS) is 11.0. The number of carbonyl (C=O) groups excluding carboxylic acids is 1. The summed E-state index contributed by atoms with van der Waals surface area (Å²) < 4.78 is 9.07. The number of carbonyl (C=O) groups is 1. The van der Waals surface area contributed by atoms with Crippen LogP contribution in [0.1, 0.15) is 33.2 Å². The summed E-state index contributed by atoms with van der Waals surface area (Å²) in [7, 11) is 1.91. The lowest BCUT2D eigenvalue weighted by atomic mass is 10.1. The maximum atomic E-state index is 13.2. The maximum Gasteiger partial charge on any atom is 0.290 e. The standard InChI is InChI=1S/C22H23N5O2/c1-16-20(17(2)25(3)24-16)15-26(22(28)21-10-7-13-29-21)14-19-11-12-23-27(19)18-8-5-4-6-9-18/h4-13H,14-15H2,1-3H3. The number of furan rings is 1. The monoisotopic (exact) mass is 389 g/mol. The summed E-state index contributed by atoms with van der Waals surface area (Å²) in [5.41, 5.74) is 4.86. The van der Waals surface area contributed by atoms with Crippen molar-refractivity contribution in [1.29, 1.82) is 0 Å². The van der Waals surface area contributed by atoms with Crippen LogP contribution in [0.4, 0.5) is 0 Å². The molecule has 0 saturated heterocycles. The smallest absolute Gasteiger partial charge is 0.290 e. The van der Waals surface area contributed by atoms with Gasteiger partial charge in [0.05, 0.1) is 36.4 Å². The topological polar surface area (TPSA) is 69.1 Å². The number of rotatable bonds is 6. The molecule has 0 N–H and O–H groups in total. The van der Waals surface area contributed by atoms with Crippen LogP contribution in [0.5, 0.6) is 0 Å². The molecule has 0 aliphatic carbocycles. The Morgan fingerprint density at radius 2 is 1.86 bits per heavy atom. The van der Waals surface area contributed by atoms with Gasteiger partial charge in [0, 0.05) is 24.5 Å². The molecule has 1 amide bonds. The van der Waals surface area contributed by atoms with Crippen molar-refractivity contribution in [3.05, 3.63) is 89.4 Å². The summed E-state index contributed by atoms with van der Waals surface area (Å²) in [6.45, 7) is 4.80. The fourth-order valence-corrected chi connectivity index (χ4v) is 3.44. The van der Waals surface area contributed by atoms with Crippen LogP contribution in [0.3, 0.4) is 0 Å². The molecule has 148 valence electrons. The van der Waals surface area contributed by atoms with Crippen molar-refractivity contribution in [3.63, 3.8) is 0 Å². The molecule has 0 radical (unpaired) electrons. The van der Waals surface area contributed by atoms with E-state index in [2.05, 4.69) is 10.2 Å². The summed E-state index contributed by atoms with van der Waals surface area (Å²) >= 11 is 0. The number of hydrogen-bond acceptors (Lipinski definition) is 4. The second-order valence-corrected chi connectivity index (χ2v) is 6.98. The molecule has 0 saturated carbocycles. The predicted octanol–water partition coefficient (Wildman–Crippen LogP) is 3.66. The molecule has 4 rings (SSSR count). The lowest BCUT2D eigenvalue weighted by Gasteiger charge is -2.22. The van der Waals surface area contributed by atoms with Crippen LogP contribution in [-0.4, -0.2) is 30.4 Å². The van der Waals surface area contributed by atoms with E-state index in [0.29, 0.717) is 18.8 Å². The van der Waals surface area contributed by atoms with Crippen molar-refractivity contribution < 1.29 is 9.21 Å². The average molecular weight is 389 g/mol. The minimum Gasteiger partial charge on any atom is -0.459 e. The van der Waals surface area contributed by atoms with Gasteiger partial charge in [0.1, 0.15) is 0 Å². The Morgan fingerprint density at radius 1 is 1.07 bits per heavy atom. The molecule has 0 bridgehead atoms. The molecule has 0 unspecified atom stereocenters. The first-order valence-corrected chi connectivity index (χ1v) is 9.44. The third kappa shape index (κ3) is 3.71. The van der Waals surface area contributed by atoms with Gasteiger partial charge in [-0.2, -0.15) is 10.2 Å². The Bertz CT molecular complexity index is 1110. The second kappa shape index (κ2) is 7.79. The fraction of sp³-hybridized carbons (Fsp3) is 0.227. The predicted molar refractivity (Wildman–Crippen MR) is 109 cm³/mol. The zero-order chi connectivity index (χ0) is 20.4. The number of nitrogens with zero attached hydrogens (tertiary/aromatic N) is 5. The molecule has 0 fully saturated rings. The van der Waals surface area contributed by atoms with Gasteiger partial charge in [0.25, 0.3) is 5.91 Å². The molecule has 1 aromatic carbocycles. The molecule has 0 atom stereocenters. The van der Waals surface area contributed by atoms with Crippen LogP contribution >= 0.6 is 0 Å². The number of benzene rings is 1. The van der Waals surface area contributed by atoms with E-state index in [9.17, 15) is 4.79 Å². The van der Waals surface area contributed by atoms with E-state index < -0.39 is 0 Å². The zero-order valence-corrected chi connectivity index (χ0v) is 16.7. The van der Waals surface area contributed by atoms with Gasteiger partial charge in [-0.15, -0.1) is 0 Å². The summed E-state index contributed by atoms with van der Waals surface area (Å²) in [5, 5.41) is 8.93. The van der Waals surface area contributed by atoms with Crippen LogP contribution in [-0.2, 0) is 20.1 Å². The summed E-state index contributed by atoms with van der Waals surface area (Å²) in [6.07, 6.45) is 3.26. The Kier molecular flexibility index (Phi) is 5.03. The molecule has 7 heteroatoms. The van der Waals surface area contributed by atoms with Crippen LogP contribution in [0, 0.1) is 13.8 Å². The SMILES string of the molecule is Cc1nn(C)c(C)c1CN(Cc1ccnn1-c1ccccc1)C(=O)c1ccco1. The van der Waals surface area contributed by atoms with Gasteiger partial charge in [-0.1, -0.05) is 18.2 Å². The zero-order valence-electron chi connectivity index (χ0n) is 16.7. The van der Waals surface area contributed by atoms with Crippen molar-refractivity contribution in [2.24, 2.45) is 7.05 Å². The van der Waals surface area contributed by atoms with Crippen molar-refractivity contribution in [1.82, 2.24) is 24.5 Å². The first kappa shape index (κ1) is 18.7. The summed E-state index contributed by atoms with van der Waals surface area (Å²) in [6, 6.07) is 15.2. The molecule has 7 nitrogen and oxygen atoms in total. The van der Waals surface area contributed by atoms with E-state index in [1.54, 1.807) is 23.2 Å². The van der Waals surface area contributed by atoms with Crippen molar-refractivity contribution in [2.75, 3.05) is 0 Å². The third-order valence-electron chi connectivity index (χ3n) is 5.10. The van der Waals surface area contributed by atoms with Crippen molar-refractivity contribution >= 4 is 5.91 Å². The van der Waals surface area contributed by atoms with Crippen LogP contribution in [0.25, 0.3) is 5.69 Å². The molecule has 0 spiro atoms. The van der Waals surface area contributed by atoms with Gasteiger partial charge in [-0.25, -0.2) is 4.68 Å². The number of aryl methyl sites for hydroxylation is 2. The van der Waals surface area contributed by atoms with E-state index in [0.717, 1.165) is 28.3 Å². The molecule has 29 heavy (non-hydrogen) atoms. The van der Waals surface area contributed by atoms with Gasteiger partial charge < -0.3 is 9.32 Å². The van der Waals surface area contributed by atoms with Crippen LogP contribution in [0.2, 0.25) is 0 Å². The van der Waals surface area contributed by atoms with E-state index in [1.165, 1.54) is 6.26 Å². The Labute approximate surface area is 169 Å². The molecular formula is C22H23N5O2. The Hall–Kier alpha value is -3.61. The van der Waals surface area contributed by atoms with Gasteiger partial charge in [-0.05, 0) is 44.2 Å². The molecular weight excluding hydrogens is 366 g/mol. The van der Waals surface area contributed by atoms with Crippen LogP contribution in [0.15, 0.2) is 65.4 Å². The highest BCUT2D eigenvalue weighted by atomic mass is 16.3. The highest BCUT2D eigenvalue weighted by molar-refractivity contribution is 5.91. The molecule has 4 aromatic rings. The van der Waals surface area contributed by atoms with Gasteiger partial charge in [0.15, 0.2) is 5.76 Å². The number of aromatic nitrogens is 4. The third-order valence-corrected chi connectivity index (χ3v) is 5.10. The first-order valence-electron chi connectivity index (χ1n) is 9.44. The lowest BCUT2D eigenvalue weighted by molar-refractivity contribution is 0.0693. The minimum absolute atomic E-state index is 0.168. The Balaban J connectivity index is 1.68. The van der Waals surface area contributed by atoms with Crippen LogP contribution < -0.4 is 0 Å². The molecule has 3 aromatic heterocycles. The maximum absolute atomic E-state index is 13.2. The van der Waals surface area contributed by atoms with Gasteiger partial charge in [0.2, 0.25) is 0 Å². The van der Waals surface area contributed by atoms with Crippen molar-refractivity contribution in [3.8, 4) is 5.69 Å².